The largest absolute Gasteiger partial charge is 0.404 e. The maximum absolute atomic E-state index is 15.3. The van der Waals surface area contributed by atoms with Crippen LogP contribution in [0.5, 0.6) is 0 Å². The van der Waals surface area contributed by atoms with Crippen LogP contribution < -0.4 is 5.73 Å². The Balaban J connectivity index is 1.35. The van der Waals surface area contributed by atoms with Gasteiger partial charge in [0.1, 0.15) is 11.5 Å². The van der Waals surface area contributed by atoms with Gasteiger partial charge in [0.15, 0.2) is 0 Å². The minimum atomic E-state index is -1.59. The lowest BCUT2D eigenvalue weighted by molar-refractivity contribution is 0.0212. The molecule has 9 heteroatoms. The Morgan fingerprint density at radius 3 is 2.49 bits per heavy atom. The fourth-order valence-electron chi connectivity index (χ4n) is 5.49. The molecular formula is C30H26F2N6O. The standard InChI is InChI=1S/C30H26F2N6O/c1-30(2,32)27(23-8-19(13-33)9-25(31)12-23)24-16-38(17-24)15-18-6-7-22(14-34)26(10-18)20-4-3-5-21(11-20)28-36-37-29(35)39-28/h3-12,24,27H,15-17H2,1-2H3,(H2,35,37)/t27-/m1/s1. The van der Waals surface area contributed by atoms with Crippen molar-refractivity contribution in [2.24, 2.45) is 5.92 Å². The molecule has 2 heterocycles. The molecule has 5 rings (SSSR count). The second-order valence-electron chi connectivity index (χ2n) is 10.4. The quantitative estimate of drug-likeness (QED) is 0.323. The van der Waals surface area contributed by atoms with Crippen LogP contribution in [0.15, 0.2) is 65.1 Å². The van der Waals surface area contributed by atoms with Gasteiger partial charge in [-0.25, -0.2) is 8.78 Å². The molecule has 1 aromatic heterocycles. The van der Waals surface area contributed by atoms with Gasteiger partial charge in [0.2, 0.25) is 5.89 Å². The summed E-state index contributed by atoms with van der Waals surface area (Å²) in [7, 11) is 0. The van der Waals surface area contributed by atoms with E-state index in [-0.39, 0.29) is 17.5 Å². The Kier molecular flexibility index (Phi) is 6.86. The molecule has 0 saturated carbocycles. The summed E-state index contributed by atoms with van der Waals surface area (Å²) >= 11 is 0. The molecule has 7 nitrogen and oxygen atoms in total. The normalized spacial score (nSPS) is 14.8. The summed E-state index contributed by atoms with van der Waals surface area (Å²) in [4.78, 5) is 2.19. The van der Waals surface area contributed by atoms with Crippen molar-refractivity contribution < 1.29 is 13.2 Å². The summed E-state index contributed by atoms with van der Waals surface area (Å²) in [6.07, 6.45) is 0. The first-order valence-corrected chi connectivity index (χ1v) is 12.5. The molecule has 1 aliphatic heterocycles. The second kappa shape index (κ2) is 10.3. The summed E-state index contributed by atoms with van der Waals surface area (Å²) in [6.45, 7) is 4.86. The number of nitriles is 2. The number of rotatable bonds is 7. The summed E-state index contributed by atoms with van der Waals surface area (Å²) in [5.41, 5.74) is 8.48. The fourth-order valence-corrected chi connectivity index (χ4v) is 5.49. The van der Waals surface area contributed by atoms with Gasteiger partial charge in [-0.3, -0.25) is 4.90 Å². The average Bonchev–Trinajstić information content (AvgIpc) is 3.32. The highest BCUT2D eigenvalue weighted by molar-refractivity contribution is 5.75. The number of alkyl halides is 1. The molecule has 1 aliphatic rings. The number of aromatic nitrogens is 2. The van der Waals surface area contributed by atoms with E-state index in [1.807, 2.05) is 42.5 Å². The lowest BCUT2D eigenvalue weighted by Crippen LogP contribution is -2.52. The third-order valence-electron chi connectivity index (χ3n) is 7.08. The van der Waals surface area contributed by atoms with Crippen molar-refractivity contribution in [3.05, 3.63) is 88.7 Å². The van der Waals surface area contributed by atoms with Gasteiger partial charge < -0.3 is 10.2 Å². The molecule has 0 bridgehead atoms. The topological polar surface area (TPSA) is 116 Å². The van der Waals surface area contributed by atoms with E-state index >= 15 is 4.39 Å². The molecule has 1 saturated heterocycles. The summed E-state index contributed by atoms with van der Waals surface area (Å²) < 4.78 is 34.8. The number of likely N-dealkylation sites (tertiary alicyclic amines) is 1. The maximum atomic E-state index is 15.3. The van der Waals surface area contributed by atoms with E-state index in [2.05, 4.69) is 21.2 Å². The van der Waals surface area contributed by atoms with E-state index in [1.54, 1.807) is 12.1 Å². The first-order valence-electron chi connectivity index (χ1n) is 12.5. The van der Waals surface area contributed by atoms with Crippen LogP contribution in [0.1, 0.15) is 42.0 Å². The minimum Gasteiger partial charge on any atom is -0.404 e. The first-order chi connectivity index (χ1) is 18.6. The lowest BCUT2D eigenvalue weighted by Gasteiger charge is -2.46. The predicted molar refractivity (Wildman–Crippen MR) is 142 cm³/mol. The molecule has 3 aromatic carbocycles. The van der Waals surface area contributed by atoms with Crippen molar-refractivity contribution in [2.45, 2.75) is 32.0 Å². The van der Waals surface area contributed by atoms with Gasteiger partial charge in [-0.05, 0) is 84.5 Å². The number of halogens is 2. The van der Waals surface area contributed by atoms with Crippen molar-refractivity contribution in [1.82, 2.24) is 15.1 Å². The van der Waals surface area contributed by atoms with Gasteiger partial charge in [-0.2, -0.15) is 10.5 Å². The number of nitrogens with zero attached hydrogens (tertiary/aromatic N) is 5. The van der Waals surface area contributed by atoms with Crippen LogP contribution in [0.2, 0.25) is 0 Å². The maximum Gasteiger partial charge on any atom is 0.313 e. The molecule has 0 spiro atoms. The Morgan fingerprint density at radius 1 is 1.05 bits per heavy atom. The van der Waals surface area contributed by atoms with Crippen LogP contribution in [-0.2, 0) is 6.54 Å². The average molecular weight is 525 g/mol. The van der Waals surface area contributed by atoms with Crippen LogP contribution in [0.25, 0.3) is 22.6 Å². The lowest BCUT2D eigenvalue weighted by atomic mass is 9.72. The molecule has 39 heavy (non-hydrogen) atoms. The van der Waals surface area contributed by atoms with Crippen LogP contribution >= 0.6 is 0 Å². The van der Waals surface area contributed by atoms with Crippen molar-refractivity contribution in [3.8, 4) is 34.7 Å². The van der Waals surface area contributed by atoms with E-state index in [9.17, 15) is 14.9 Å². The molecule has 0 amide bonds. The van der Waals surface area contributed by atoms with Gasteiger partial charge in [0.05, 0.1) is 23.3 Å². The van der Waals surface area contributed by atoms with Gasteiger partial charge in [0.25, 0.3) is 0 Å². The molecule has 2 N–H and O–H groups in total. The fraction of sp³-hybridized carbons (Fsp3) is 0.267. The van der Waals surface area contributed by atoms with Crippen LogP contribution in [-0.4, -0.2) is 33.9 Å². The van der Waals surface area contributed by atoms with E-state index in [0.717, 1.165) is 22.8 Å². The monoisotopic (exact) mass is 524 g/mol. The number of hydrogen-bond donors (Lipinski definition) is 1. The number of nitrogens with two attached hydrogens (primary N) is 1. The third-order valence-corrected chi connectivity index (χ3v) is 7.08. The SMILES string of the molecule is CC(C)(F)[C@H](c1cc(F)cc(C#N)c1)C1CN(Cc2ccc(C#N)c(-c3cccc(-c4nnc(N)o4)c3)c2)C1. The molecular weight excluding hydrogens is 498 g/mol. The molecule has 0 aliphatic carbocycles. The zero-order valence-corrected chi connectivity index (χ0v) is 21.5. The Hall–Kier alpha value is -4.60. The minimum absolute atomic E-state index is 0.0238. The van der Waals surface area contributed by atoms with Crippen LogP contribution in [0.3, 0.4) is 0 Å². The number of benzene rings is 3. The van der Waals surface area contributed by atoms with Crippen LogP contribution in [0, 0.1) is 34.4 Å². The number of hydrogen-bond acceptors (Lipinski definition) is 7. The highest BCUT2D eigenvalue weighted by atomic mass is 19.1. The predicted octanol–water partition coefficient (Wildman–Crippen LogP) is 5.83. The Bertz CT molecular complexity index is 1600. The third kappa shape index (κ3) is 5.50. The molecule has 0 radical (unpaired) electrons. The van der Waals surface area contributed by atoms with E-state index in [1.165, 1.54) is 19.9 Å². The summed E-state index contributed by atoms with van der Waals surface area (Å²) in [5.74, 6) is -0.823. The summed E-state index contributed by atoms with van der Waals surface area (Å²) in [5, 5.41) is 26.6. The summed E-state index contributed by atoms with van der Waals surface area (Å²) in [6, 6.07) is 21.4. The van der Waals surface area contributed by atoms with Crippen LogP contribution in [0.4, 0.5) is 14.8 Å². The van der Waals surface area contributed by atoms with Crippen molar-refractivity contribution in [2.75, 3.05) is 18.8 Å². The molecule has 1 atom stereocenters. The zero-order valence-electron chi connectivity index (χ0n) is 21.5. The van der Waals surface area contributed by atoms with Crippen molar-refractivity contribution in [3.63, 3.8) is 0 Å². The van der Waals surface area contributed by atoms with Gasteiger partial charge in [-0.1, -0.05) is 23.3 Å². The van der Waals surface area contributed by atoms with E-state index in [0.29, 0.717) is 42.2 Å². The van der Waals surface area contributed by atoms with E-state index < -0.39 is 17.4 Å². The number of nitrogen functional groups attached to an aromatic ring is 1. The van der Waals surface area contributed by atoms with E-state index in [4.69, 9.17) is 10.2 Å². The Labute approximate surface area is 225 Å². The molecule has 4 aromatic rings. The smallest absolute Gasteiger partial charge is 0.313 e. The van der Waals surface area contributed by atoms with Gasteiger partial charge in [0, 0.05) is 31.1 Å². The Morgan fingerprint density at radius 2 is 1.82 bits per heavy atom. The van der Waals surface area contributed by atoms with Crippen molar-refractivity contribution >= 4 is 6.01 Å². The van der Waals surface area contributed by atoms with Crippen molar-refractivity contribution in [1.29, 1.82) is 10.5 Å². The molecule has 196 valence electrons. The molecule has 1 fully saturated rings. The van der Waals surface area contributed by atoms with Gasteiger partial charge in [-0.15, -0.1) is 5.10 Å². The number of anilines is 1. The molecule has 0 unspecified atom stereocenters. The zero-order chi connectivity index (χ0) is 27.7. The highest BCUT2D eigenvalue weighted by Gasteiger charge is 2.43. The van der Waals surface area contributed by atoms with Gasteiger partial charge >= 0.3 is 6.01 Å². The first kappa shape index (κ1) is 26.0. The highest BCUT2D eigenvalue weighted by Crippen LogP contribution is 2.43. The second-order valence-corrected chi connectivity index (χ2v) is 10.4.